The smallest absolute Gasteiger partial charge is 0.146 e. The van der Waals surface area contributed by atoms with Crippen LogP contribution in [0.4, 0.5) is 10.1 Å². The quantitative estimate of drug-likeness (QED) is 0.870. The zero-order valence-electron chi connectivity index (χ0n) is 11.4. The molecule has 1 atom stereocenters. The van der Waals surface area contributed by atoms with Gasteiger partial charge in [-0.25, -0.2) is 4.39 Å². The first-order valence-electron chi connectivity index (χ1n) is 6.08. The second-order valence-corrected chi connectivity index (χ2v) is 5.22. The van der Waals surface area contributed by atoms with Gasteiger partial charge in [-0.05, 0) is 44.9 Å². The van der Waals surface area contributed by atoms with Crippen LogP contribution in [0.2, 0.25) is 0 Å². The Kier molecular flexibility index (Phi) is 4.15. The van der Waals surface area contributed by atoms with Crippen LogP contribution in [0.5, 0.6) is 0 Å². The molecular weight excluding hydrogens is 215 g/mol. The molecule has 0 saturated heterocycles. The summed E-state index contributed by atoms with van der Waals surface area (Å²) in [6.07, 6.45) is 0.956. The highest BCUT2D eigenvalue weighted by molar-refractivity contribution is 5.50. The summed E-state index contributed by atoms with van der Waals surface area (Å²) >= 11 is 0. The molecule has 2 N–H and O–H groups in total. The number of anilines is 1. The molecular formula is C14H23FN2. The third-order valence-electron chi connectivity index (χ3n) is 3.63. The van der Waals surface area contributed by atoms with Crippen LogP contribution >= 0.6 is 0 Å². The fourth-order valence-electron chi connectivity index (χ4n) is 1.64. The lowest BCUT2D eigenvalue weighted by Gasteiger charge is -2.37. The van der Waals surface area contributed by atoms with Crippen molar-refractivity contribution in [1.29, 1.82) is 0 Å². The summed E-state index contributed by atoms with van der Waals surface area (Å²) < 4.78 is 14.0. The number of hydrogen-bond donors (Lipinski definition) is 1. The number of halogens is 1. The number of nitrogens with zero attached hydrogens (tertiary/aromatic N) is 1. The Hall–Kier alpha value is -1.09. The fraction of sp³-hybridized carbons (Fsp3) is 0.571. The molecule has 0 fully saturated rings. The van der Waals surface area contributed by atoms with Crippen molar-refractivity contribution in [2.75, 3.05) is 11.9 Å². The van der Waals surface area contributed by atoms with Gasteiger partial charge in [0.1, 0.15) is 5.82 Å². The molecule has 1 aromatic carbocycles. The normalized spacial score (nSPS) is 13.6. The van der Waals surface area contributed by atoms with Crippen LogP contribution in [0, 0.1) is 5.82 Å². The van der Waals surface area contributed by atoms with Crippen LogP contribution in [-0.4, -0.2) is 12.6 Å². The highest BCUT2D eigenvalue weighted by Gasteiger charge is 2.23. The van der Waals surface area contributed by atoms with E-state index < -0.39 is 0 Å². The van der Waals surface area contributed by atoms with Gasteiger partial charge < -0.3 is 10.6 Å². The molecule has 0 aliphatic carbocycles. The molecule has 0 unspecified atom stereocenters. The maximum absolute atomic E-state index is 14.0. The summed E-state index contributed by atoms with van der Waals surface area (Å²) in [4.78, 5) is 1.98. The van der Waals surface area contributed by atoms with Gasteiger partial charge in [0.2, 0.25) is 0 Å². The van der Waals surface area contributed by atoms with Crippen LogP contribution in [-0.2, 0) is 0 Å². The third-order valence-corrected chi connectivity index (χ3v) is 3.63. The molecule has 0 bridgehead atoms. The largest absolute Gasteiger partial charge is 0.367 e. The number of benzene rings is 1. The monoisotopic (exact) mass is 238 g/mol. The molecule has 1 rings (SSSR count). The predicted molar refractivity (Wildman–Crippen MR) is 71.8 cm³/mol. The van der Waals surface area contributed by atoms with Crippen molar-refractivity contribution in [2.45, 2.75) is 45.7 Å². The number of nitrogens with two attached hydrogens (primary N) is 1. The standard InChI is InChI=1S/C14H23FN2/c1-6-14(3,4)17(5)13-8-7-11(10(2)16)9-12(13)15/h7-10H,6,16H2,1-5H3/t10-/m0/s1. The zero-order valence-corrected chi connectivity index (χ0v) is 11.4. The van der Waals surface area contributed by atoms with Gasteiger partial charge in [0.15, 0.2) is 0 Å². The molecule has 0 amide bonds. The molecule has 1 aromatic rings. The van der Waals surface area contributed by atoms with E-state index in [1.165, 1.54) is 6.07 Å². The van der Waals surface area contributed by atoms with Crippen LogP contribution in [0.3, 0.4) is 0 Å². The van der Waals surface area contributed by atoms with Gasteiger partial charge >= 0.3 is 0 Å². The van der Waals surface area contributed by atoms with Gasteiger partial charge in [-0.1, -0.05) is 13.0 Å². The second kappa shape index (κ2) is 5.05. The van der Waals surface area contributed by atoms with Crippen molar-refractivity contribution in [1.82, 2.24) is 0 Å². The maximum atomic E-state index is 14.0. The Labute approximate surface area is 104 Å². The molecule has 0 aliphatic rings. The van der Waals surface area contributed by atoms with Crippen molar-refractivity contribution in [3.8, 4) is 0 Å². The summed E-state index contributed by atoms with van der Waals surface area (Å²) in [5, 5.41) is 0. The van der Waals surface area contributed by atoms with E-state index in [1.54, 1.807) is 0 Å². The Morgan fingerprint density at radius 2 is 2.00 bits per heavy atom. The van der Waals surface area contributed by atoms with Crippen LogP contribution < -0.4 is 10.6 Å². The zero-order chi connectivity index (χ0) is 13.2. The van der Waals surface area contributed by atoms with Crippen molar-refractivity contribution >= 4 is 5.69 Å². The fourth-order valence-corrected chi connectivity index (χ4v) is 1.64. The Morgan fingerprint density at radius 1 is 1.41 bits per heavy atom. The molecule has 0 spiro atoms. The topological polar surface area (TPSA) is 29.3 Å². The van der Waals surface area contributed by atoms with Crippen molar-refractivity contribution < 1.29 is 4.39 Å². The maximum Gasteiger partial charge on any atom is 0.146 e. The van der Waals surface area contributed by atoms with E-state index in [0.29, 0.717) is 5.69 Å². The van der Waals surface area contributed by atoms with E-state index in [0.717, 1.165) is 12.0 Å². The van der Waals surface area contributed by atoms with E-state index in [2.05, 4.69) is 20.8 Å². The van der Waals surface area contributed by atoms with Gasteiger partial charge in [0.25, 0.3) is 0 Å². The van der Waals surface area contributed by atoms with Crippen molar-refractivity contribution in [2.24, 2.45) is 5.73 Å². The minimum Gasteiger partial charge on any atom is -0.367 e. The Bertz CT molecular complexity index is 386. The summed E-state index contributed by atoms with van der Waals surface area (Å²) in [7, 11) is 1.92. The molecule has 0 aromatic heterocycles. The number of hydrogen-bond acceptors (Lipinski definition) is 2. The minimum absolute atomic E-state index is 0.0588. The molecule has 96 valence electrons. The predicted octanol–water partition coefficient (Wildman–Crippen LogP) is 3.47. The Balaban J connectivity index is 3.08. The minimum atomic E-state index is -0.205. The van der Waals surface area contributed by atoms with Gasteiger partial charge in [-0.3, -0.25) is 0 Å². The van der Waals surface area contributed by atoms with E-state index in [1.807, 2.05) is 31.0 Å². The summed E-state index contributed by atoms with van der Waals surface area (Å²) in [5.74, 6) is -0.205. The molecule has 2 nitrogen and oxygen atoms in total. The van der Waals surface area contributed by atoms with Gasteiger partial charge in [-0.15, -0.1) is 0 Å². The molecule has 0 heterocycles. The van der Waals surface area contributed by atoms with Crippen molar-refractivity contribution in [3.63, 3.8) is 0 Å². The highest BCUT2D eigenvalue weighted by Crippen LogP contribution is 2.28. The lowest BCUT2D eigenvalue weighted by molar-refractivity contribution is 0.462. The second-order valence-electron chi connectivity index (χ2n) is 5.22. The average Bonchev–Trinajstić information content (AvgIpc) is 2.27. The average molecular weight is 238 g/mol. The molecule has 0 aliphatic heterocycles. The molecule has 3 heteroatoms. The number of rotatable bonds is 4. The summed E-state index contributed by atoms with van der Waals surface area (Å²) in [5.41, 5.74) is 7.14. The van der Waals surface area contributed by atoms with Gasteiger partial charge in [-0.2, -0.15) is 0 Å². The van der Waals surface area contributed by atoms with Crippen LogP contribution in [0.25, 0.3) is 0 Å². The molecule has 17 heavy (non-hydrogen) atoms. The first-order chi connectivity index (χ1) is 7.79. The molecule has 0 saturated carbocycles. The van der Waals surface area contributed by atoms with Crippen LogP contribution in [0.15, 0.2) is 18.2 Å². The summed E-state index contributed by atoms with van der Waals surface area (Å²) in [6.45, 7) is 8.16. The van der Waals surface area contributed by atoms with Gasteiger partial charge in [0.05, 0.1) is 5.69 Å². The first kappa shape index (κ1) is 14.0. The van der Waals surface area contributed by atoms with E-state index in [-0.39, 0.29) is 17.4 Å². The lowest BCUT2D eigenvalue weighted by Crippen LogP contribution is -2.41. The Morgan fingerprint density at radius 3 is 2.41 bits per heavy atom. The van der Waals surface area contributed by atoms with Gasteiger partial charge in [0, 0.05) is 18.6 Å². The highest BCUT2D eigenvalue weighted by atomic mass is 19.1. The summed E-state index contributed by atoms with van der Waals surface area (Å²) in [6, 6.07) is 5.10. The van der Waals surface area contributed by atoms with Crippen LogP contribution in [0.1, 0.15) is 45.7 Å². The van der Waals surface area contributed by atoms with E-state index >= 15 is 0 Å². The lowest BCUT2D eigenvalue weighted by atomic mass is 9.98. The van der Waals surface area contributed by atoms with E-state index in [9.17, 15) is 4.39 Å². The first-order valence-corrected chi connectivity index (χ1v) is 6.08. The molecule has 0 radical (unpaired) electrons. The SMILES string of the molecule is CCC(C)(C)N(C)c1ccc([C@H](C)N)cc1F. The van der Waals surface area contributed by atoms with E-state index in [4.69, 9.17) is 5.73 Å². The third kappa shape index (κ3) is 2.97. The van der Waals surface area contributed by atoms with Crippen molar-refractivity contribution in [3.05, 3.63) is 29.6 Å².